The number of cyclic esters (lactones) is 1. The summed E-state index contributed by atoms with van der Waals surface area (Å²) in [5.41, 5.74) is 8.35. The molecular weight excluding hydrogens is 416 g/mol. The minimum absolute atomic E-state index is 0.0141. The fourth-order valence-corrected chi connectivity index (χ4v) is 4.14. The Bertz CT molecular complexity index is 1240. The summed E-state index contributed by atoms with van der Waals surface area (Å²) in [5, 5.41) is 8.79. The lowest BCUT2D eigenvalue weighted by atomic mass is 9.88. The van der Waals surface area contributed by atoms with Gasteiger partial charge >= 0.3 is 5.97 Å². The number of aromatic nitrogens is 3. The highest BCUT2D eigenvalue weighted by atomic mass is 16.5. The largest absolute Gasteiger partial charge is 0.458 e. The molecule has 2 aliphatic rings. The molecule has 172 valence electrons. The topological polar surface area (TPSA) is 115 Å². The van der Waals surface area contributed by atoms with Crippen LogP contribution in [0.15, 0.2) is 30.6 Å². The Morgan fingerprint density at radius 1 is 1.15 bits per heavy atom. The predicted molar refractivity (Wildman–Crippen MR) is 129 cm³/mol. The molecule has 0 amide bonds. The number of carbonyl (C=O) groups excluding carboxylic acids is 1. The Labute approximate surface area is 193 Å². The van der Waals surface area contributed by atoms with Crippen LogP contribution in [-0.4, -0.2) is 33.1 Å². The lowest BCUT2D eigenvalue weighted by Crippen LogP contribution is -2.32. The van der Waals surface area contributed by atoms with E-state index in [9.17, 15) is 4.79 Å². The zero-order valence-corrected chi connectivity index (χ0v) is 19.5. The molecule has 0 radical (unpaired) electrons. The van der Waals surface area contributed by atoms with Crippen LogP contribution in [0.1, 0.15) is 74.5 Å². The summed E-state index contributed by atoms with van der Waals surface area (Å²) in [4.78, 5) is 26.2. The first kappa shape index (κ1) is 21.6. The van der Waals surface area contributed by atoms with Crippen LogP contribution in [0.25, 0.3) is 10.8 Å². The number of nitrogens with one attached hydrogen (secondary N) is 2. The Morgan fingerprint density at radius 2 is 1.94 bits per heavy atom. The lowest BCUT2D eigenvalue weighted by Gasteiger charge is -2.27. The summed E-state index contributed by atoms with van der Waals surface area (Å²) in [6.07, 6.45) is 6.61. The van der Waals surface area contributed by atoms with E-state index in [1.165, 1.54) is 0 Å². The third-order valence-corrected chi connectivity index (χ3v) is 6.87. The van der Waals surface area contributed by atoms with Gasteiger partial charge in [-0.1, -0.05) is 13.8 Å². The van der Waals surface area contributed by atoms with Gasteiger partial charge in [0.25, 0.3) is 0 Å². The Hall–Kier alpha value is -3.26. The van der Waals surface area contributed by atoms with Crippen LogP contribution >= 0.6 is 0 Å². The average Bonchev–Trinajstić information content (AvgIpc) is 3.61. The van der Waals surface area contributed by atoms with Crippen molar-refractivity contribution in [2.75, 3.05) is 10.6 Å². The van der Waals surface area contributed by atoms with Crippen molar-refractivity contribution in [1.29, 1.82) is 0 Å². The van der Waals surface area contributed by atoms with Crippen LogP contribution in [0.2, 0.25) is 0 Å². The van der Waals surface area contributed by atoms with Crippen molar-refractivity contribution in [3.8, 4) is 0 Å². The van der Waals surface area contributed by atoms with Gasteiger partial charge in [0, 0.05) is 35.3 Å². The first-order valence-corrected chi connectivity index (χ1v) is 11.6. The van der Waals surface area contributed by atoms with E-state index in [2.05, 4.69) is 27.5 Å². The lowest BCUT2D eigenvalue weighted by molar-refractivity contribution is 0.0235. The molecule has 3 aromatic rings. The zero-order chi connectivity index (χ0) is 23.3. The first-order valence-electron chi connectivity index (χ1n) is 11.6. The molecule has 1 saturated carbocycles. The molecule has 4 heterocycles. The molecule has 8 nitrogen and oxygen atoms in total. The minimum atomic E-state index is -0.516. The number of hydrogen-bond donors (Lipinski definition) is 3. The molecule has 1 aliphatic carbocycles. The molecule has 0 aromatic carbocycles. The minimum Gasteiger partial charge on any atom is -0.458 e. The fourth-order valence-electron chi connectivity index (χ4n) is 4.14. The fraction of sp³-hybridized carbons (Fsp3) is 0.440. The van der Waals surface area contributed by atoms with E-state index in [-0.39, 0.29) is 18.0 Å². The summed E-state index contributed by atoms with van der Waals surface area (Å²) in [6.45, 7) is 8.00. The van der Waals surface area contributed by atoms with Gasteiger partial charge in [0.2, 0.25) is 0 Å². The highest BCUT2D eigenvalue weighted by Crippen LogP contribution is 2.36. The van der Waals surface area contributed by atoms with Crippen LogP contribution in [-0.2, 0) is 10.3 Å². The molecule has 5 rings (SSSR count). The molecule has 4 N–H and O–H groups in total. The SMILES string of the molecule is CCC(C)(N)c1cnc(NC2CC2)c2cnc(Nc3ccc4c(n3)[C@@H](C)[C@H](C)OC4=O)cc12. The average molecular weight is 447 g/mol. The molecule has 33 heavy (non-hydrogen) atoms. The van der Waals surface area contributed by atoms with Crippen molar-refractivity contribution in [3.05, 3.63) is 47.4 Å². The monoisotopic (exact) mass is 446 g/mol. The number of nitrogens with two attached hydrogens (primary N) is 1. The number of pyridine rings is 3. The number of anilines is 3. The van der Waals surface area contributed by atoms with Gasteiger partial charge in [-0.25, -0.2) is 19.7 Å². The zero-order valence-electron chi connectivity index (χ0n) is 19.5. The number of nitrogens with zero attached hydrogens (tertiary/aromatic N) is 3. The molecule has 1 unspecified atom stereocenters. The van der Waals surface area contributed by atoms with Crippen molar-refractivity contribution >= 4 is 34.2 Å². The molecule has 0 spiro atoms. The third-order valence-electron chi connectivity index (χ3n) is 6.87. The van der Waals surface area contributed by atoms with E-state index >= 15 is 0 Å². The Balaban J connectivity index is 1.54. The van der Waals surface area contributed by atoms with E-state index < -0.39 is 5.54 Å². The van der Waals surface area contributed by atoms with Gasteiger partial charge in [0.05, 0.1) is 11.3 Å². The molecule has 3 aromatic heterocycles. The third kappa shape index (κ3) is 3.99. The molecule has 3 atom stereocenters. The molecule has 1 aliphatic heterocycles. The summed E-state index contributed by atoms with van der Waals surface area (Å²) in [7, 11) is 0. The number of fused-ring (bicyclic) bond motifs is 2. The van der Waals surface area contributed by atoms with Crippen LogP contribution < -0.4 is 16.4 Å². The van der Waals surface area contributed by atoms with Gasteiger partial charge in [0.15, 0.2) is 0 Å². The normalized spacial score (nSPS) is 21.8. The van der Waals surface area contributed by atoms with Gasteiger partial charge in [0.1, 0.15) is 23.6 Å². The quantitative estimate of drug-likeness (QED) is 0.471. The van der Waals surface area contributed by atoms with Crippen LogP contribution in [0.5, 0.6) is 0 Å². The van der Waals surface area contributed by atoms with Crippen LogP contribution in [0.4, 0.5) is 17.5 Å². The molecular formula is C25H30N6O2. The number of carbonyl (C=O) groups is 1. The van der Waals surface area contributed by atoms with Crippen LogP contribution in [0, 0.1) is 0 Å². The van der Waals surface area contributed by atoms with Gasteiger partial charge in [-0.3, -0.25) is 0 Å². The van der Waals surface area contributed by atoms with E-state index in [0.717, 1.165) is 47.1 Å². The highest BCUT2D eigenvalue weighted by Gasteiger charge is 2.31. The van der Waals surface area contributed by atoms with E-state index in [1.54, 1.807) is 12.1 Å². The van der Waals surface area contributed by atoms with Crippen molar-refractivity contribution in [2.24, 2.45) is 5.73 Å². The van der Waals surface area contributed by atoms with Crippen LogP contribution in [0.3, 0.4) is 0 Å². The number of esters is 1. The highest BCUT2D eigenvalue weighted by molar-refractivity contribution is 5.96. The van der Waals surface area contributed by atoms with Crippen molar-refractivity contribution in [1.82, 2.24) is 15.0 Å². The van der Waals surface area contributed by atoms with Gasteiger partial charge in [-0.15, -0.1) is 0 Å². The Kier molecular flexibility index (Phi) is 5.20. The van der Waals surface area contributed by atoms with Crippen molar-refractivity contribution < 1.29 is 9.53 Å². The molecule has 8 heteroatoms. The maximum atomic E-state index is 12.2. The van der Waals surface area contributed by atoms with E-state index in [4.69, 9.17) is 15.5 Å². The second kappa shape index (κ2) is 7.95. The summed E-state index contributed by atoms with van der Waals surface area (Å²) in [5.74, 6) is 1.82. The molecule has 0 bridgehead atoms. The van der Waals surface area contributed by atoms with Gasteiger partial charge in [-0.2, -0.15) is 0 Å². The first-order chi connectivity index (χ1) is 15.8. The second-order valence-electron chi connectivity index (χ2n) is 9.48. The second-order valence-corrected chi connectivity index (χ2v) is 9.48. The van der Waals surface area contributed by atoms with Crippen molar-refractivity contribution in [3.63, 3.8) is 0 Å². The standard InChI is InChI=1S/C25H30N6O2/c1-5-25(4,26)19-12-28-23(29-15-6-7-15)18-11-27-21(10-17(18)19)30-20-9-8-16-22(31-20)13(2)14(3)33-24(16)32/h8-15H,5-7,26H2,1-4H3,(H,28,29)(H,27,30,31)/t13-,14-,25?/m0/s1. The summed E-state index contributed by atoms with van der Waals surface area (Å²) in [6, 6.07) is 6.03. The molecule has 0 saturated heterocycles. The van der Waals surface area contributed by atoms with Crippen molar-refractivity contribution in [2.45, 2.75) is 70.6 Å². The van der Waals surface area contributed by atoms with Gasteiger partial charge in [-0.05, 0) is 62.3 Å². The number of ether oxygens (including phenoxy) is 1. The molecule has 1 fully saturated rings. The van der Waals surface area contributed by atoms with E-state index in [1.807, 2.05) is 39.2 Å². The number of rotatable bonds is 6. The predicted octanol–water partition coefficient (Wildman–Crippen LogP) is 4.59. The maximum Gasteiger partial charge on any atom is 0.340 e. The maximum absolute atomic E-state index is 12.2. The summed E-state index contributed by atoms with van der Waals surface area (Å²) < 4.78 is 5.39. The van der Waals surface area contributed by atoms with Gasteiger partial charge < -0.3 is 21.1 Å². The smallest absolute Gasteiger partial charge is 0.340 e. The Morgan fingerprint density at radius 3 is 2.67 bits per heavy atom. The summed E-state index contributed by atoms with van der Waals surface area (Å²) >= 11 is 0. The number of hydrogen-bond acceptors (Lipinski definition) is 8. The van der Waals surface area contributed by atoms with E-state index in [0.29, 0.717) is 23.2 Å².